The zero-order valence-electron chi connectivity index (χ0n) is 8.05. The molecule has 0 spiro atoms. The molecule has 0 aromatic rings. The molecule has 1 aliphatic carbocycles. The second-order valence-corrected chi connectivity index (χ2v) is 4.49. The van der Waals surface area contributed by atoms with Gasteiger partial charge in [-0.05, 0) is 45.2 Å². The highest BCUT2D eigenvalue weighted by molar-refractivity contribution is 5.02. The molecular weight excluding hydrogens is 148 g/mol. The summed E-state index contributed by atoms with van der Waals surface area (Å²) in [6.45, 7) is 4.77. The molecule has 1 aliphatic heterocycles. The number of nitrogens with two attached hydrogens (primary N) is 1. The summed E-state index contributed by atoms with van der Waals surface area (Å²) in [5.74, 6) is 0. The van der Waals surface area contributed by atoms with Crippen LogP contribution in [-0.4, -0.2) is 29.6 Å². The Morgan fingerprint density at radius 2 is 2.25 bits per heavy atom. The van der Waals surface area contributed by atoms with Crippen molar-refractivity contribution in [2.24, 2.45) is 5.73 Å². The number of hydrogen-bond donors (Lipinski definition) is 1. The van der Waals surface area contributed by atoms with E-state index in [1.807, 2.05) is 0 Å². The highest BCUT2D eigenvalue weighted by atomic mass is 15.2. The molecule has 2 N–H and O–H groups in total. The minimum atomic E-state index is 0.252. The lowest BCUT2D eigenvalue weighted by Gasteiger charge is -2.25. The Morgan fingerprint density at radius 3 is 2.83 bits per heavy atom. The molecule has 0 aromatic carbocycles. The summed E-state index contributed by atoms with van der Waals surface area (Å²) < 4.78 is 0. The first-order valence-electron chi connectivity index (χ1n) is 5.26. The second kappa shape index (κ2) is 3.00. The van der Waals surface area contributed by atoms with Gasteiger partial charge in [0, 0.05) is 11.6 Å². The molecule has 0 radical (unpaired) electrons. The van der Waals surface area contributed by atoms with Crippen LogP contribution in [0.3, 0.4) is 0 Å². The van der Waals surface area contributed by atoms with Gasteiger partial charge in [-0.2, -0.15) is 0 Å². The molecule has 1 unspecified atom stereocenters. The Morgan fingerprint density at radius 1 is 1.50 bits per heavy atom. The maximum absolute atomic E-state index is 6.12. The maximum atomic E-state index is 6.12. The summed E-state index contributed by atoms with van der Waals surface area (Å²) in [7, 11) is 0. The van der Waals surface area contributed by atoms with Crippen molar-refractivity contribution < 1.29 is 0 Å². The Hall–Kier alpha value is -0.0800. The van der Waals surface area contributed by atoms with Crippen LogP contribution in [-0.2, 0) is 0 Å². The predicted molar refractivity (Wildman–Crippen MR) is 51.0 cm³/mol. The van der Waals surface area contributed by atoms with Gasteiger partial charge in [0.15, 0.2) is 0 Å². The third kappa shape index (κ3) is 1.64. The summed E-state index contributed by atoms with van der Waals surface area (Å²) in [6, 6.07) is 0.808. The van der Waals surface area contributed by atoms with Crippen LogP contribution in [0.25, 0.3) is 0 Å². The topological polar surface area (TPSA) is 29.3 Å². The van der Waals surface area contributed by atoms with Crippen LogP contribution in [0.4, 0.5) is 0 Å². The van der Waals surface area contributed by atoms with Crippen molar-refractivity contribution in [3.05, 3.63) is 0 Å². The van der Waals surface area contributed by atoms with E-state index < -0.39 is 0 Å². The van der Waals surface area contributed by atoms with Crippen LogP contribution in [0.5, 0.6) is 0 Å². The highest BCUT2D eigenvalue weighted by Crippen LogP contribution is 2.39. The van der Waals surface area contributed by atoms with Crippen molar-refractivity contribution in [3.8, 4) is 0 Å². The lowest BCUT2D eigenvalue weighted by atomic mass is 10.0. The van der Waals surface area contributed by atoms with Gasteiger partial charge in [0.05, 0.1) is 0 Å². The van der Waals surface area contributed by atoms with Crippen molar-refractivity contribution in [1.82, 2.24) is 4.90 Å². The van der Waals surface area contributed by atoms with Crippen molar-refractivity contribution >= 4 is 0 Å². The standard InChI is InChI=1S/C10H20N2/c1-2-12-7-3-4-9(12)8-10(11)5-6-10/h9H,2-8,11H2,1H3. The van der Waals surface area contributed by atoms with E-state index in [1.54, 1.807) is 0 Å². The zero-order chi connectivity index (χ0) is 8.60. The number of nitrogens with zero attached hydrogens (tertiary/aromatic N) is 1. The molecule has 12 heavy (non-hydrogen) atoms. The summed E-state index contributed by atoms with van der Waals surface area (Å²) in [4.78, 5) is 2.59. The van der Waals surface area contributed by atoms with E-state index in [0.717, 1.165) is 6.04 Å². The van der Waals surface area contributed by atoms with Gasteiger partial charge in [-0.1, -0.05) is 6.92 Å². The molecule has 2 rings (SSSR count). The molecule has 2 heteroatoms. The summed E-state index contributed by atoms with van der Waals surface area (Å²) >= 11 is 0. The SMILES string of the molecule is CCN1CCCC1CC1(N)CC1. The first kappa shape index (κ1) is 8.52. The van der Waals surface area contributed by atoms with Crippen LogP contribution in [0, 0.1) is 0 Å². The minimum Gasteiger partial charge on any atom is -0.325 e. The largest absolute Gasteiger partial charge is 0.325 e. The fourth-order valence-corrected chi connectivity index (χ4v) is 2.38. The van der Waals surface area contributed by atoms with Gasteiger partial charge in [-0.15, -0.1) is 0 Å². The third-order valence-electron chi connectivity index (χ3n) is 3.44. The predicted octanol–water partition coefficient (Wildman–Crippen LogP) is 1.35. The van der Waals surface area contributed by atoms with Gasteiger partial charge in [0.25, 0.3) is 0 Å². The molecule has 2 nitrogen and oxygen atoms in total. The summed E-state index contributed by atoms with van der Waals surface area (Å²) in [6.07, 6.45) is 6.55. The Balaban J connectivity index is 1.85. The van der Waals surface area contributed by atoms with E-state index in [9.17, 15) is 0 Å². The molecule has 1 atom stereocenters. The molecule has 1 heterocycles. The molecule has 1 saturated heterocycles. The van der Waals surface area contributed by atoms with Crippen molar-refractivity contribution in [2.75, 3.05) is 13.1 Å². The van der Waals surface area contributed by atoms with Crippen molar-refractivity contribution in [2.45, 2.75) is 50.6 Å². The lowest BCUT2D eigenvalue weighted by molar-refractivity contribution is 0.241. The Bertz CT molecular complexity index is 163. The van der Waals surface area contributed by atoms with Crippen LogP contribution < -0.4 is 5.73 Å². The molecule has 2 fully saturated rings. The van der Waals surface area contributed by atoms with E-state index in [0.29, 0.717) is 0 Å². The fourth-order valence-electron chi connectivity index (χ4n) is 2.38. The monoisotopic (exact) mass is 168 g/mol. The van der Waals surface area contributed by atoms with Crippen LogP contribution in [0.1, 0.15) is 39.0 Å². The number of rotatable bonds is 3. The zero-order valence-corrected chi connectivity index (χ0v) is 8.05. The van der Waals surface area contributed by atoms with E-state index >= 15 is 0 Å². The van der Waals surface area contributed by atoms with Gasteiger partial charge in [0.2, 0.25) is 0 Å². The molecular formula is C10H20N2. The van der Waals surface area contributed by atoms with Gasteiger partial charge in [-0.3, -0.25) is 0 Å². The fraction of sp³-hybridized carbons (Fsp3) is 1.00. The van der Waals surface area contributed by atoms with Crippen LogP contribution in [0.2, 0.25) is 0 Å². The minimum absolute atomic E-state index is 0.252. The smallest absolute Gasteiger partial charge is 0.0170 e. The third-order valence-corrected chi connectivity index (χ3v) is 3.44. The first-order valence-corrected chi connectivity index (χ1v) is 5.26. The maximum Gasteiger partial charge on any atom is 0.0170 e. The average Bonchev–Trinajstić information content (AvgIpc) is 2.64. The van der Waals surface area contributed by atoms with E-state index in [4.69, 9.17) is 5.73 Å². The van der Waals surface area contributed by atoms with E-state index in [1.165, 1.54) is 45.2 Å². The highest BCUT2D eigenvalue weighted by Gasteiger charge is 2.41. The van der Waals surface area contributed by atoms with Gasteiger partial charge in [0.1, 0.15) is 0 Å². The van der Waals surface area contributed by atoms with Crippen molar-refractivity contribution in [3.63, 3.8) is 0 Å². The molecule has 0 bridgehead atoms. The molecule has 0 amide bonds. The Kier molecular flexibility index (Phi) is 2.13. The van der Waals surface area contributed by atoms with Crippen molar-refractivity contribution in [1.29, 1.82) is 0 Å². The first-order chi connectivity index (χ1) is 5.73. The van der Waals surface area contributed by atoms with E-state index in [-0.39, 0.29) is 5.54 Å². The van der Waals surface area contributed by atoms with Gasteiger partial charge in [-0.25, -0.2) is 0 Å². The summed E-state index contributed by atoms with van der Waals surface area (Å²) in [5, 5.41) is 0. The van der Waals surface area contributed by atoms with E-state index in [2.05, 4.69) is 11.8 Å². The quantitative estimate of drug-likeness (QED) is 0.689. The molecule has 2 aliphatic rings. The van der Waals surface area contributed by atoms with Gasteiger partial charge >= 0.3 is 0 Å². The number of likely N-dealkylation sites (tertiary alicyclic amines) is 1. The molecule has 70 valence electrons. The van der Waals surface area contributed by atoms with Gasteiger partial charge < -0.3 is 10.6 Å². The van der Waals surface area contributed by atoms with Crippen LogP contribution >= 0.6 is 0 Å². The van der Waals surface area contributed by atoms with Crippen LogP contribution in [0.15, 0.2) is 0 Å². The lowest BCUT2D eigenvalue weighted by Crippen LogP contribution is -2.36. The molecule has 1 saturated carbocycles. The second-order valence-electron chi connectivity index (χ2n) is 4.49. The number of hydrogen-bond acceptors (Lipinski definition) is 2. The summed E-state index contributed by atoms with van der Waals surface area (Å²) in [5.41, 5.74) is 6.37. The normalized spacial score (nSPS) is 34.0. The average molecular weight is 168 g/mol. The molecule has 0 aromatic heterocycles. The Labute approximate surface area is 75.1 Å².